The third kappa shape index (κ3) is 3.98. The van der Waals surface area contributed by atoms with Gasteiger partial charge in [-0.05, 0) is 43.9 Å². The highest BCUT2D eigenvalue weighted by molar-refractivity contribution is 6.04. The Hall–Kier alpha value is -3.23. The predicted molar refractivity (Wildman–Crippen MR) is 102 cm³/mol. The maximum atomic E-state index is 13.1. The van der Waals surface area contributed by atoms with Crippen LogP contribution >= 0.6 is 0 Å². The van der Waals surface area contributed by atoms with Crippen molar-refractivity contribution in [3.63, 3.8) is 0 Å². The van der Waals surface area contributed by atoms with Crippen molar-refractivity contribution in [2.24, 2.45) is 5.92 Å². The predicted octanol–water partition coefficient (Wildman–Crippen LogP) is 3.95. The first kappa shape index (κ1) is 19.1. The fraction of sp³-hybridized carbons (Fsp3) is 0.350. The fourth-order valence-corrected chi connectivity index (χ4v) is 3.66. The summed E-state index contributed by atoms with van der Waals surface area (Å²) in [5.41, 5.74) is -0.0801. The molecule has 1 saturated carbocycles. The highest BCUT2D eigenvalue weighted by atomic mass is 19.3. The van der Waals surface area contributed by atoms with Gasteiger partial charge in [0.25, 0.3) is 12.3 Å². The minimum atomic E-state index is -2.80. The molecule has 150 valence electrons. The second kappa shape index (κ2) is 8.02. The van der Waals surface area contributed by atoms with E-state index in [4.69, 9.17) is 0 Å². The van der Waals surface area contributed by atoms with Gasteiger partial charge >= 0.3 is 0 Å². The van der Waals surface area contributed by atoms with Crippen LogP contribution in [0.4, 0.5) is 14.6 Å². The maximum Gasteiger partial charge on any atom is 0.275 e. The normalized spacial score (nSPS) is 19.4. The third-order valence-corrected chi connectivity index (χ3v) is 5.25. The second-order valence-electron chi connectivity index (χ2n) is 7.14. The van der Waals surface area contributed by atoms with E-state index in [9.17, 15) is 18.4 Å². The van der Waals surface area contributed by atoms with E-state index in [1.807, 2.05) is 10.9 Å². The number of hydrogen-bond donors (Lipinski definition) is 1. The Morgan fingerprint density at radius 2 is 2.03 bits per heavy atom. The maximum absolute atomic E-state index is 13.1. The Balaban J connectivity index is 1.52. The molecular formula is C20H19F2N5O2. The molecule has 0 aromatic carbocycles. The van der Waals surface area contributed by atoms with Gasteiger partial charge in [-0.3, -0.25) is 14.5 Å². The molecule has 1 aliphatic rings. The van der Waals surface area contributed by atoms with Gasteiger partial charge in [0.2, 0.25) is 0 Å². The molecule has 0 bridgehead atoms. The van der Waals surface area contributed by atoms with Crippen molar-refractivity contribution in [3.8, 4) is 0 Å². The summed E-state index contributed by atoms with van der Waals surface area (Å²) in [7, 11) is 0. The number of carbonyl (C=O) groups excluding carboxylic acids is 2. The van der Waals surface area contributed by atoms with Crippen molar-refractivity contribution in [1.82, 2.24) is 19.7 Å². The molecule has 0 aliphatic heterocycles. The van der Waals surface area contributed by atoms with Gasteiger partial charge in [0.1, 0.15) is 23.3 Å². The van der Waals surface area contributed by atoms with Crippen molar-refractivity contribution < 1.29 is 18.4 Å². The average molecular weight is 399 g/mol. The minimum absolute atomic E-state index is 0.129. The molecule has 0 saturated heterocycles. The number of fused-ring (bicyclic) bond motifs is 1. The van der Waals surface area contributed by atoms with Crippen molar-refractivity contribution in [2.75, 3.05) is 5.32 Å². The summed E-state index contributed by atoms with van der Waals surface area (Å²) in [6, 6.07) is 4.41. The largest absolute Gasteiger partial charge is 0.305 e. The molecule has 9 heteroatoms. The number of pyridine rings is 2. The quantitative estimate of drug-likeness (QED) is 0.656. The Morgan fingerprint density at radius 3 is 2.76 bits per heavy atom. The van der Waals surface area contributed by atoms with Crippen LogP contribution in [0.2, 0.25) is 0 Å². The number of amides is 1. The van der Waals surface area contributed by atoms with Gasteiger partial charge in [-0.15, -0.1) is 0 Å². The molecule has 7 nitrogen and oxygen atoms in total. The Morgan fingerprint density at radius 1 is 1.24 bits per heavy atom. The number of alkyl halides is 2. The average Bonchev–Trinajstić information content (AvgIpc) is 3.17. The lowest BCUT2D eigenvalue weighted by atomic mass is 9.87. The summed E-state index contributed by atoms with van der Waals surface area (Å²) < 4.78 is 28.1. The monoisotopic (exact) mass is 399 g/mol. The van der Waals surface area contributed by atoms with Crippen molar-refractivity contribution in [1.29, 1.82) is 0 Å². The molecular weight excluding hydrogens is 380 g/mol. The van der Waals surface area contributed by atoms with E-state index < -0.39 is 17.9 Å². The summed E-state index contributed by atoms with van der Waals surface area (Å²) in [6.45, 7) is 0. The number of hydrogen-bond acceptors (Lipinski definition) is 5. The van der Waals surface area contributed by atoms with Gasteiger partial charge in [0.15, 0.2) is 0 Å². The number of carbonyl (C=O) groups is 2. The van der Waals surface area contributed by atoms with Crippen molar-refractivity contribution >= 4 is 28.9 Å². The molecule has 3 heterocycles. The summed E-state index contributed by atoms with van der Waals surface area (Å²) in [5.74, 6) is -0.380. The van der Waals surface area contributed by atoms with E-state index in [0.29, 0.717) is 5.52 Å². The molecule has 0 radical (unpaired) electrons. The number of halogens is 2. The summed E-state index contributed by atoms with van der Waals surface area (Å²) in [5, 5.41) is 7.85. The van der Waals surface area contributed by atoms with E-state index in [-0.39, 0.29) is 23.5 Å². The van der Waals surface area contributed by atoms with Crippen LogP contribution in [0.15, 0.2) is 36.8 Å². The van der Waals surface area contributed by atoms with Crippen LogP contribution in [0.3, 0.4) is 0 Å². The number of nitrogens with one attached hydrogen (secondary N) is 1. The first-order valence-electron chi connectivity index (χ1n) is 9.39. The van der Waals surface area contributed by atoms with Crippen LogP contribution in [0.1, 0.15) is 54.2 Å². The van der Waals surface area contributed by atoms with Crippen LogP contribution in [-0.4, -0.2) is 31.9 Å². The van der Waals surface area contributed by atoms with E-state index in [1.165, 1.54) is 24.5 Å². The standard InChI is InChI=1S/C20H19F2N5O2/c21-19(22)15-2-1-7-23-18(15)20(29)25-17-8-13-10-27(26-16(13)9-24-17)14-5-3-12(11-28)4-6-14/h1-2,7-12,14,19H,3-6H2,(H,25,29). The van der Waals surface area contributed by atoms with Crippen molar-refractivity contribution in [2.45, 2.75) is 38.2 Å². The highest BCUT2D eigenvalue weighted by Gasteiger charge is 2.23. The number of nitrogens with zero attached hydrogens (tertiary/aromatic N) is 4. The van der Waals surface area contributed by atoms with Crippen LogP contribution in [-0.2, 0) is 4.79 Å². The fourth-order valence-electron chi connectivity index (χ4n) is 3.66. The molecule has 1 N–H and O–H groups in total. The lowest BCUT2D eigenvalue weighted by molar-refractivity contribution is -0.112. The summed E-state index contributed by atoms with van der Waals surface area (Å²) in [6.07, 6.45) is 6.38. The molecule has 3 aromatic heterocycles. The zero-order valence-electron chi connectivity index (χ0n) is 15.5. The topological polar surface area (TPSA) is 89.8 Å². The first-order valence-corrected chi connectivity index (χ1v) is 9.39. The number of aromatic nitrogens is 4. The van der Waals surface area contributed by atoms with Crippen LogP contribution < -0.4 is 5.32 Å². The van der Waals surface area contributed by atoms with Crippen LogP contribution in [0, 0.1) is 5.92 Å². The van der Waals surface area contributed by atoms with E-state index in [1.54, 1.807) is 6.07 Å². The summed E-state index contributed by atoms with van der Waals surface area (Å²) >= 11 is 0. The van der Waals surface area contributed by atoms with Gasteiger partial charge in [-0.25, -0.2) is 13.8 Å². The molecule has 3 aromatic rings. The highest BCUT2D eigenvalue weighted by Crippen LogP contribution is 2.32. The molecule has 1 aliphatic carbocycles. The van der Waals surface area contributed by atoms with Gasteiger partial charge in [-0.1, -0.05) is 0 Å². The van der Waals surface area contributed by atoms with Crippen LogP contribution in [0.5, 0.6) is 0 Å². The molecule has 1 amide bonds. The van der Waals surface area contributed by atoms with E-state index >= 15 is 0 Å². The Kier molecular flexibility index (Phi) is 5.28. The van der Waals surface area contributed by atoms with Gasteiger partial charge in [0, 0.05) is 29.3 Å². The first-order chi connectivity index (χ1) is 14.0. The molecule has 0 unspecified atom stereocenters. The lowest BCUT2D eigenvalue weighted by Gasteiger charge is -2.25. The Labute approximate surface area is 165 Å². The van der Waals surface area contributed by atoms with Crippen LogP contribution in [0.25, 0.3) is 10.9 Å². The van der Waals surface area contributed by atoms with Gasteiger partial charge < -0.3 is 10.1 Å². The second-order valence-corrected chi connectivity index (χ2v) is 7.14. The smallest absolute Gasteiger partial charge is 0.275 e. The molecule has 0 atom stereocenters. The van der Waals surface area contributed by atoms with Crippen molar-refractivity contribution in [3.05, 3.63) is 48.0 Å². The Bertz CT molecular complexity index is 1040. The molecule has 4 rings (SSSR count). The van der Waals surface area contributed by atoms with E-state index in [0.717, 1.165) is 37.4 Å². The SMILES string of the molecule is O=CC1CCC(n2cc3cc(NC(=O)c4ncccc4C(F)F)ncc3n2)CC1. The zero-order valence-corrected chi connectivity index (χ0v) is 15.5. The van der Waals surface area contributed by atoms with E-state index in [2.05, 4.69) is 20.4 Å². The number of rotatable bonds is 5. The van der Waals surface area contributed by atoms with Gasteiger partial charge in [-0.2, -0.15) is 5.10 Å². The van der Waals surface area contributed by atoms with Gasteiger partial charge in [0.05, 0.1) is 12.2 Å². The summed E-state index contributed by atoms with van der Waals surface area (Å²) in [4.78, 5) is 31.2. The number of aldehydes is 1. The third-order valence-electron chi connectivity index (χ3n) is 5.25. The number of anilines is 1. The lowest BCUT2D eigenvalue weighted by Crippen LogP contribution is -2.19. The zero-order chi connectivity index (χ0) is 20.4. The molecule has 0 spiro atoms. The minimum Gasteiger partial charge on any atom is -0.305 e. The molecule has 1 fully saturated rings. The molecule has 29 heavy (non-hydrogen) atoms.